The van der Waals surface area contributed by atoms with Crippen molar-refractivity contribution in [1.82, 2.24) is 14.9 Å². The Balaban J connectivity index is 2.81. The van der Waals surface area contributed by atoms with Gasteiger partial charge in [-0.2, -0.15) is 0 Å². The smallest absolute Gasteiger partial charge is 0.232 e. The molecule has 6 heteroatoms. The number of carbonyl (C=O) groups excluding carboxylic acids is 1. The minimum atomic E-state index is 0.0794. The molecule has 0 aliphatic heterocycles. The highest BCUT2D eigenvalue weighted by Gasteiger charge is 2.10. The van der Waals surface area contributed by atoms with Crippen LogP contribution in [0.4, 0.5) is 5.82 Å². The Labute approximate surface area is 112 Å². The fourth-order valence-electron chi connectivity index (χ4n) is 1.17. The standard InChI is InChI=1S/C12H20N4OS/c1-8(2)12-14-9(13-3)6-10(15-12)18-7-11(17)16(4)5/h6,8H,7H2,1-5H3,(H,13,14,15). The zero-order valence-corrected chi connectivity index (χ0v) is 12.3. The molecule has 0 aromatic carbocycles. The van der Waals surface area contributed by atoms with Crippen LogP contribution in [0.15, 0.2) is 11.1 Å². The van der Waals surface area contributed by atoms with Crippen molar-refractivity contribution in [2.24, 2.45) is 0 Å². The summed E-state index contributed by atoms with van der Waals surface area (Å²) >= 11 is 1.44. The van der Waals surface area contributed by atoms with Gasteiger partial charge in [0.05, 0.1) is 5.75 Å². The van der Waals surface area contributed by atoms with Crippen LogP contribution in [0.5, 0.6) is 0 Å². The van der Waals surface area contributed by atoms with E-state index in [1.807, 2.05) is 27.0 Å². The maximum absolute atomic E-state index is 11.5. The van der Waals surface area contributed by atoms with Gasteiger partial charge in [0.25, 0.3) is 0 Å². The zero-order chi connectivity index (χ0) is 13.7. The van der Waals surface area contributed by atoms with Gasteiger partial charge in [0, 0.05) is 33.1 Å². The van der Waals surface area contributed by atoms with E-state index in [9.17, 15) is 4.79 Å². The van der Waals surface area contributed by atoms with Gasteiger partial charge in [-0.1, -0.05) is 25.6 Å². The summed E-state index contributed by atoms with van der Waals surface area (Å²) in [5.74, 6) is 2.32. The molecule has 1 amide bonds. The Morgan fingerprint density at radius 1 is 1.44 bits per heavy atom. The topological polar surface area (TPSA) is 58.1 Å². The van der Waals surface area contributed by atoms with Crippen LogP contribution in [0.2, 0.25) is 0 Å². The molecule has 0 fully saturated rings. The first-order chi connectivity index (χ1) is 8.43. The molecule has 1 aromatic heterocycles. The molecule has 0 spiro atoms. The van der Waals surface area contributed by atoms with E-state index in [4.69, 9.17) is 0 Å². The Kier molecular flexibility index (Phi) is 5.40. The van der Waals surface area contributed by atoms with Crippen LogP contribution in [0.25, 0.3) is 0 Å². The normalized spacial score (nSPS) is 10.6. The van der Waals surface area contributed by atoms with Crippen molar-refractivity contribution < 1.29 is 4.79 Å². The van der Waals surface area contributed by atoms with Gasteiger partial charge in [0.15, 0.2) is 0 Å². The van der Waals surface area contributed by atoms with Gasteiger partial charge in [-0.05, 0) is 0 Å². The van der Waals surface area contributed by atoms with Gasteiger partial charge in [-0.3, -0.25) is 4.79 Å². The van der Waals surface area contributed by atoms with Gasteiger partial charge < -0.3 is 10.2 Å². The summed E-state index contributed by atoms with van der Waals surface area (Å²) in [6.07, 6.45) is 0. The molecule has 18 heavy (non-hydrogen) atoms. The maximum atomic E-state index is 11.5. The molecule has 0 aliphatic rings. The van der Waals surface area contributed by atoms with Crippen molar-refractivity contribution in [2.75, 3.05) is 32.2 Å². The minimum absolute atomic E-state index is 0.0794. The highest BCUT2D eigenvalue weighted by Crippen LogP contribution is 2.21. The quantitative estimate of drug-likeness (QED) is 0.652. The Bertz CT molecular complexity index is 421. The molecule has 0 saturated heterocycles. The van der Waals surface area contributed by atoms with Gasteiger partial charge >= 0.3 is 0 Å². The van der Waals surface area contributed by atoms with Crippen LogP contribution in [-0.2, 0) is 4.79 Å². The fourth-order valence-corrected chi connectivity index (χ4v) is 2.05. The number of hydrogen-bond acceptors (Lipinski definition) is 5. The lowest BCUT2D eigenvalue weighted by Crippen LogP contribution is -2.23. The van der Waals surface area contributed by atoms with Crippen molar-refractivity contribution in [3.8, 4) is 0 Å². The van der Waals surface area contributed by atoms with Crippen molar-refractivity contribution in [3.63, 3.8) is 0 Å². The van der Waals surface area contributed by atoms with E-state index in [1.165, 1.54) is 11.8 Å². The van der Waals surface area contributed by atoms with E-state index >= 15 is 0 Å². The number of hydrogen-bond donors (Lipinski definition) is 1. The molecule has 5 nitrogen and oxygen atoms in total. The number of aromatic nitrogens is 2. The summed E-state index contributed by atoms with van der Waals surface area (Å²) in [6, 6.07) is 1.86. The SMILES string of the molecule is CNc1cc(SCC(=O)N(C)C)nc(C(C)C)n1. The van der Waals surface area contributed by atoms with E-state index in [0.29, 0.717) is 5.75 Å². The lowest BCUT2D eigenvalue weighted by molar-refractivity contribution is -0.125. The van der Waals surface area contributed by atoms with Crippen LogP contribution in [0, 0.1) is 0 Å². The third-order valence-electron chi connectivity index (χ3n) is 2.33. The van der Waals surface area contributed by atoms with Crippen molar-refractivity contribution >= 4 is 23.5 Å². The second-order valence-corrected chi connectivity index (χ2v) is 5.43. The van der Waals surface area contributed by atoms with Crippen LogP contribution < -0.4 is 5.32 Å². The van der Waals surface area contributed by atoms with Crippen LogP contribution in [-0.4, -0.2) is 47.7 Å². The largest absolute Gasteiger partial charge is 0.373 e. The number of amides is 1. The molecule has 0 atom stereocenters. The van der Waals surface area contributed by atoms with Crippen molar-refractivity contribution in [2.45, 2.75) is 24.8 Å². The predicted molar refractivity (Wildman–Crippen MR) is 75.1 cm³/mol. The Hall–Kier alpha value is -1.30. The van der Waals surface area contributed by atoms with Crippen molar-refractivity contribution in [1.29, 1.82) is 0 Å². The highest BCUT2D eigenvalue weighted by atomic mass is 32.2. The third-order valence-corrected chi connectivity index (χ3v) is 3.23. The fraction of sp³-hybridized carbons (Fsp3) is 0.583. The summed E-state index contributed by atoms with van der Waals surface area (Å²) in [4.78, 5) is 22.0. The average Bonchev–Trinajstić information content (AvgIpc) is 2.35. The lowest BCUT2D eigenvalue weighted by atomic mass is 10.2. The molecule has 100 valence electrons. The number of nitrogens with one attached hydrogen (secondary N) is 1. The Morgan fingerprint density at radius 2 is 2.11 bits per heavy atom. The molecule has 0 bridgehead atoms. The minimum Gasteiger partial charge on any atom is -0.373 e. The monoisotopic (exact) mass is 268 g/mol. The van der Waals surface area contributed by atoms with Gasteiger partial charge in [-0.15, -0.1) is 0 Å². The van der Waals surface area contributed by atoms with Gasteiger partial charge in [0.1, 0.15) is 16.7 Å². The third kappa shape index (κ3) is 4.18. The molecular formula is C12H20N4OS. The second-order valence-electron chi connectivity index (χ2n) is 4.43. The zero-order valence-electron chi connectivity index (χ0n) is 11.5. The van der Waals surface area contributed by atoms with E-state index in [1.54, 1.807) is 19.0 Å². The number of carbonyl (C=O) groups is 1. The lowest BCUT2D eigenvalue weighted by Gasteiger charge is -2.11. The predicted octanol–water partition coefficient (Wildman–Crippen LogP) is 1.82. The number of nitrogens with zero attached hydrogens (tertiary/aromatic N) is 3. The molecule has 1 heterocycles. The van der Waals surface area contributed by atoms with E-state index in [0.717, 1.165) is 16.7 Å². The summed E-state index contributed by atoms with van der Waals surface area (Å²) in [5, 5.41) is 3.84. The first-order valence-corrected chi connectivity index (χ1v) is 6.82. The molecule has 1 N–H and O–H groups in total. The molecule has 0 radical (unpaired) electrons. The molecule has 0 saturated carbocycles. The summed E-state index contributed by atoms with van der Waals surface area (Å²) < 4.78 is 0. The Morgan fingerprint density at radius 3 is 2.61 bits per heavy atom. The van der Waals surface area contributed by atoms with Crippen molar-refractivity contribution in [3.05, 3.63) is 11.9 Å². The average molecular weight is 268 g/mol. The maximum Gasteiger partial charge on any atom is 0.232 e. The number of rotatable bonds is 5. The summed E-state index contributed by atoms with van der Waals surface area (Å²) in [5.41, 5.74) is 0. The molecule has 1 aromatic rings. The van der Waals surface area contributed by atoms with Crippen LogP contribution >= 0.6 is 11.8 Å². The van der Waals surface area contributed by atoms with Gasteiger partial charge in [-0.25, -0.2) is 9.97 Å². The summed E-state index contributed by atoms with van der Waals surface area (Å²) in [6.45, 7) is 4.10. The van der Waals surface area contributed by atoms with Crippen LogP contribution in [0.1, 0.15) is 25.6 Å². The number of thioether (sulfide) groups is 1. The molecule has 0 aliphatic carbocycles. The molecule has 1 rings (SSSR count). The van der Waals surface area contributed by atoms with E-state index in [2.05, 4.69) is 15.3 Å². The molecule has 0 unspecified atom stereocenters. The first kappa shape index (κ1) is 14.8. The van der Waals surface area contributed by atoms with E-state index < -0.39 is 0 Å². The van der Waals surface area contributed by atoms with E-state index in [-0.39, 0.29) is 11.8 Å². The van der Waals surface area contributed by atoms with Crippen LogP contribution in [0.3, 0.4) is 0 Å². The first-order valence-electron chi connectivity index (χ1n) is 5.83. The van der Waals surface area contributed by atoms with Gasteiger partial charge in [0.2, 0.25) is 5.91 Å². The summed E-state index contributed by atoms with van der Waals surface area (Å²) in [7, 11) is 5.33. The highest BCUT2D eigenvalue weighted by molar-refractivity contribution is 7.99. The molecular weight excluding hydrogens is 248 g/mol. The second kappa shape index (κ2) is 6.58. The number of anilines is 1.